The van der Waals surface area contributed by atoms with Crippen molar-refractivity contribution in [3.63, 3.8) is 0 Å². The lowest BCUT2D eigenvalue weighted by Gasteiger charge is -2.53. The fraction of sp³-hybridized carbons (Fsp3) is 0.155. The molecule has 0 aliphatic heterocycles. The minimum Gasteiger partial charge on any atom is -0.454 e. The van der Waals surface area contributed by atoms with Crippen molar-refractivity contribution < 1.29 is 8.83 Å². The summed E-state index contributed by atoms with van der Waals surface area (Å²) < 4.78 is 13.9. The lowest BCUT2D eigenvalue weighted by atomic mass is 9.49. The molecule has 0 bridgehead atoms. The van der Waals surface area contributed by atoms with Crippen LogP contribution in [0.1, 0.15) is 63.8 Å². The maximum atomic E-state index is 7.01. The standard InChI is InChI=1S/C71H58N2O2/c1-43-23-19-33-53-55-35-21-37-59(67(55)74-65(43)53)72(45-25-11-9-12-26-45)47-39-40-52-57(41-47)48-29-15-17-31-50(48)63-62-51-32-18-16-30-49(51)61(42-58(62)71(64(52)63,69(3,4)5)70(6,7)8)73(46-27-13-10-14-28-46)60-38-22-36-56-54-34-20-24-44(2)66(54)75-68(56)60/h9-42H,1-8H3. The first-order valence-electron chi connectivity index (χ1n) is 26.4. The number of hydrogen-bond donors (Lipinski definition) is 0. The van der Waals surface area contributed by atoms with Crippen molar-refractivity contribution >= 4 is 110 Å². The second-order valence-corrected chi connectivity index (χ2v) is 22.9. The minimum absolute atomic E-state index is 0.280. The number of aryl methyl sites for hydroxylation is 2. The van der Waals surface area contributed by atoms with Crippen molar-refractivity contribution in [1.82, 2.24) is 0 Å². The van der Waals surface area contributed by atoms with Crippen molar-refractivity contribution in [3.8, 4) is 11.1 Å². The number of fused-ring (bicyclic) bond motifs is 16. The zero-order valence-electron chi connectivity index (χ0n) is 43.8. The second kappa shape index (κ2) is 16.2. The number of furan rings is 2. The smallest absolute Gasteiger partial charge is 0.159 e. The molecule has 0 N–H and O–H groups in total. The first-order chi connectivity index (χ1) is 36.3. The Bertz CT molecular complexity index is 4450. The Morgan fingerprint density at radius 2 is 0.760 bits per heavy atom. The Balaban J connectivity index is 1.09. The van der Waals surface area contributed by atoms with E-state index < -0.39 is 5.41 Å². The molecule has 364 valence electrons. The Morgan fingerprint density at radius 1 is 0.320 bits per heavy atom. The number of nitrogens with zero attached hydrogens (tertiary/aromatic N) is 2. The first kappa shape index (κ1) is 45.0. The number of rotatable bonds is 6. The number of para-hydroxylation sites is 6. The second-order valence-electron chi connectivity index (χ2n) is 22.9. The van der Waals surface area contributed by atoms with E-state index in [9.17, 15) is 0 Å². The average Bonchev–Trinajstić information content (AvgIpc) is 4.11. The quantitative estimate of drug-likeness (QED) is 0.155. The molecule has 0 amide bonds. The van der Waals surface area contributed by atoms with Gasteiger partial charge in [-0.3, -0.25) is 0 Å². The summed E-state index contributed by atoms with van der Waals surface area (Å²) in [6.45, 7) is 19.1. The van der Waals surface area contributed by atoms with Crippen LogP contribution in [0, 0.1) is 24.7 Å². The molecule has 4 nitrogen and oxygen atoms in total. The van der Waals surface area contributed by atoms with Gasteiger partial charge in [0.05, 0.1) is 17.1 Å². The Morgan fingerprint density at radius 3 is 1.31 bits per heavy atom. The van der Waals surface area contributed by atoms with Gasteiger partial charge in [0, 0.05) is 49.4 Å². The minimum atomic E-state index is -0.505. The van der Waals surface area contributed by atoms with Gasteiger partial charge < -0.3 is 18.6 Å². The topological polar surface area (TPSA) is 32.8 Å². The van der Waals surface area contributed by atoms with Crippen molar-refractivity contribution in [2.45, 2.75) is 60.8 Å². The van der Waals surface area contributed by atoms with E-state index in [-0.39, 0.29) is 10.8 Å². The summed E-state index contributed by atoms with van der Waals surface area (Å²) in [7, 11) is 0. The summed E-state index contributed by atoms with van der Waals surface area (Å²) in [5.41, 5.74) is 16.5. The highest BCUT2D eigenvalue weighted by Gasteiger charge is 2.59. The summed E-state index contributed by atoms with van der Waals surface area (Å²) in [6.07, 6.45) is 0. The molecule has 13 aromatic rings. The van der Waals surface area contributed by atoms with Crippen LogP contribution in [0.25, 0.3) is 87.3 Å². The molecule has 0 spiro atoms. The van der Waals surface area contributed by atoms with Crippen molar-refractivity contribution in [2.24, 2.45) is 10.8 Å². The number of anilines is 6. The molecule has 14 rings (SSSR count). The maximum Gasteiger partial charge on any atom is 0.159 e. The molecule has 0 fully saturated rings. The molecule has 1 aliphatic carbocycles. The third-order valence-corrected chi connectivity index (χ3v) is 16.7. The van der Waals surface area contributed by atoms with Crippen molar-refractivity contribution in [2.75, 3.05) is 9.80 Å². The molecular weight excluding hydrogens is 913 g/mol. The molecule has 11 aromatic carbocycles. The molecule has 0 saturated heterocycles. The summed E-state index contributed by atoms with van der Waals surface area (Å²) in [5, 5.41) is 11.9. The van der Waals surface area contributed by atoms with Crippen LogP contribution in [0.5, 0.6) is 0 Å². The molecule has 0 atom stereocenters. The molecule has 0 unspecified atom stereocenters. The van der Waals surface area contributed by atoms with E-state index >= 15 is 0 Å². The van der Waals surface area contributed by atoms with Gasteiger partial charge in [0.2, 0.25) is 0 Å². The van der Waals surface area contributed by atoms with E-state index in [1.54, 1.807) is 0 Å². The molecule has 75 heavy (non-hydrogen) atoms. The summed E-state index contributed by atoms with van der Waals surface area (Å²) >= 11 is 0. The van der Waals surface area contributed by atoms with E-state index in [0.29, 0.717) is 0 Å². The Labute approximate surface area is 438 Å². The third kappa shape index (κ3) is 6.29. The molecule has 1 aliphatic rings. The Kier molecular flexibility index (Phi) is 9.73. The predicted octanol–water partition coefficient (Wildman–Crippen LogP) is 20.9. The van der Waals surface area contributed by atoms with Gasteiger partial charge in [-0.2, -0.15) is 0 Å². The van der Waals surface area contributed by atoms with E-state index in [2.05, 4.69) is 271 Å². The summed E-state index contributed by atoms with van der Waals surface area (Å²) in [6, 6.07) is 75.8. The zero-order valence-corrected chi connectivity index (χ0v) is 43.8. The highest BCUT2D eigenvalue weighted by atomic mass is 16.3. The first-order valence-corrected chi connectivity index (χ1v) is 26.4. The predicted molar refractivity (Wildman–Crippen MR) is 317 cm³/mol. The lowest BCUT2D eigenvalue weighted by molar-refractivity contribution is 0.0965. The van der Waals surface area contributed by atoms with Gasteiger partial charge in [-0.1, -0.05) is 193 Å². The van der Waals surface area contributed by atoms with Gasteiger partial charge in [-0.15, -0.1) is 0 Å². The average molecular weight is 971 g/mol. The zero-order chi connectivity index (χ0) is 51.1. The largest absolute Gasteiger partial charge is 0.454 e. The molecule has 2 heterocycles. The van der Waals surface area contributed by atoms with Crippen molar-refractivity contribution in [3.05, 3.63) is 229 Å². The summed E-state index contributed by atoms with van der Waals surface area (Å²) in [5.74, 6) is 0. The van der Waals surface area contributed by atoms with Gasteiger partial charge in [0.25, 0.3) is 0 Å². The number of benzene rings is 11. The molecular formula is C71H58N2O2. The third-order valence-electron chi connectivity index (χ3n) is 16.7. The van der Waals surface area contributed by atoms with Crippen LogP contribution in [0.3, 0.4) is 0 Å². The normalized spacial score (nSPS) is 13.4. The Hall–Kier alpha value is -8.60. The molecule has 0 radical (unpaired) electrons. The van der Waals surface area contributed by atoms with Gasteiger partial charge in [0.15, 0.2) is 11.2 Å². The van der Waals surface area contributed by atoms with Crippen LogP contribution in [0.2, 0.25) is 0 Å². The number of hydrogen-bond acceptors (Lipinski definition) is 4. The fourth-order valence-corrected chi connectivity index (χ4v) is 14.1. The van der Waals surface area contributed by atoms with Crippen molar-refractivity contribution in [1.29, 1.82) is 0 Å². The van der Waals surface area contributed by atoms with Crippen LogP contribution in [0.4, 0.5) is 34.1 Å². The van der Waals surface area contributed by atoms with E-state index in [1.165, 1.54) is 54.6 Å². The lowest BCUT2D eigenvalue weighted by Crippen LogP contribution is -2.50. The highest BCUT2D eigenvalue weighted by Crippen LogP contribution is 2.69. The molecule has 2 aromatic heterocycles. The fourth-order valence-electron chi connectivity index (χ4n) is 14.1. The van der Waals surface area contributed by atoms with E-state index in [4.69, 9.17) is 8.83 Å². The van der Waals surface area contributed by atoms with Crippen LogP contribution < -0.4 is 9.80 Å². The highest BCUT2D eigenvalue weighted by molar-refractivity contribution is 6.24. The van der Waals surface area contributed by atoms with E-state index in [0.717, 1.165) is 89.1 Å². The summed E-state index contributed by atoms with van der Waals surface area (Å²) in [4.78, 5) is 4.85. The van der Waals surface area contributed by atoms with Crippen LogP contribution >= 0.6 is 0 Å². The molecule has 4 heteroatoms. The van der Waals surface area contributed by atoms with Gasteiger partial charge in [0.1, 0.15) is 11.2 Å². The van der Waals surface area contributed by atoms with E-state index in [1.807, 2.05) is 0 Å². The van der Waals surface area contributed by atoms with Gasteiger partial charge >= 0.3 is 0 Å². The maximum absolute atomic E-state index is 7.01. The monoisotopic (exact) mass is 970 g/mol. The van der Waals surface area contributed by atoms with Crippen LogP contribution in [-0.2, 0) is 5.41 Å². The van der Waals surface area contributed by atoms with Crippen LogP contribution in [0.15, 0.2) is 215 Å². The van der Waals surface area contributed by atoms with Crippen LogP contribution in [-0.4, -0.2) is 0 Å². The molecule has 0 saturated carbocycles. The van der Waals surface area contributed by atoms with Gasteiger partial charge in [-0.05, 0) is 140 Å². The SMILES string of the molecule is Cc1cccc2c1oc1c(N(c3ccccc3)c3ccc4c5c(c6ccccc6c4c3)-c3c(cc(N(c4ccccc4)c4cccc6c4oc4c(C)cccc46)c4ccccc34)C5(C(C)(C)C)C(C)(C)C)cccc12. The van der Waals surface area contributed by atoms with Gasteiger partial charge in [-0.25, -0.2) is 0 Å².